The van der Waals surface area contributed by atoms with E-state index in [9.17, 15) is 9.18 Å². The topological polar surface area (TPSA) is 39.3 Å². The van der Waals surface area contributed by atoms with Crippen molar-refractivity contribution in [3.63, 3.8) is 0 Å². The van der Waals surface area contributed by atoms with Crippen molar-refractivity contribution in [1.82, 2.24) is 9.13 Å². The second kappa shape index (κ2) is 7.30. The number of rotatable bonds is 4. The summed E-state index contributed by atoms with van der Waals surface area (Å²) in [6.07, 6.45) is 1.79. The monoisotopic (exact) mass is 337 g/mol. The molecule has 3 rings (SSSR count). The average Bonchev–Trinajstić information content (AvgIpc) is 2.61. The van der Waals surface area contributed by atoms with Crippen LogP contribution < -0.4 is 11.2 Å². The average molecular weight is 337 g/mol. The van der Waals surface area contributed by atoms with Crippen LogP contribution in [0.4, 0.5) is 4.39 Å². The second-order valence-corrected chi connectivity index (χ2v) is 6.04. The summed E-state index contributed by atoms with van der Waals surface area (Å²) >= 11 is 0. The molecule has 2 aromatic carbocycles. The summed E-state index contributed by atoms with van der Waals surface area (Å²) in [5.41, 5.74) is 3.07. The molecule has 1 aromatic heterocycles. The Bertz CT molecular complexity index is 986. The van der Waals surface area contributed by atoms with E-state index in [4.69, 9.17) is 0 Å². The van der Waals surface area contributed by atoms with Gasteiger partial charge in [0.2, 0.25) is 5.62 Å². The smallest absolute Gasteiger partial charge is 0.258 e. The lowest BCUT2D eigenvalue weighted by Gasteiger charge is -2.12. The van der Waals surface area contributed by atoms with Gasteiger partial charge in [0, 0.05) is 18.8 Å². The van der Waals surface area contributed by atoms with Crippen molar-refractivity contribution < 1.29 is 4.39 Å². The van der Waals surface area contributed by atoms with Gasteiger partial charge in [0.25, 0.3) is 5.56 Å². The predicted molar refractivity (Wildman–Crippen MR) is 95.6 cm³/mol. The van der Waals surface area contributed by atoms with Crippen LogP contribution in [-0.2, 0) is 20.1 Å². The summed E-state index contributed by atoms with van der Waals surface area (Å²) in [7, 11) is 1.87. The zero-order valence-corrected chi connectivity index (χ0v) is 14.3. The number of aryl methyl sites for hydroxylation is 2. The molecule has 0 aliphatic heterocycles. The largest absolute Gasteiger partial charge is 0.321 e. The van der Waals surface area contributed by atoms with E-state index in [1.165, 1.54) is 12.1 Å². The summed E-state index contributed by atoms with van der Waals surface area (Å²) in [6.45, 7) is 2.62. The van der Waals surface area contributed by atoms with Crippen molar-refractivity contribution in [2.24, 2.45) is 12.0 Å². The lowest BCUT2D eigenvalue weighted by Crippen LogP contribution is -2.41. The third kappa shape index (κ3) is 3.94. The first-order valence-electron chi connectivity index (χ1n) is 8.10. The van der Waals surface area contributed by atoms with Crippen LogP contribution in [-0.4, -0.2) is 9.13 Å². The van der Waals surface area contributed by atoms with Crippen LogP contribution in [0.15, 0.2) is 70.6 Å². The Hall–Kier alpha value is -2.95. The van der Waals surface area contributed by atoms with Gasteiger partial charge in [-0.15, -0.1) is 0 Å². The first-order chi connectivity index (χ1) is 12.0. The van der Waals surface area contributed by atoms with Crippen LogP contribution >= 0.6 is 0 Å². The molecule has 128 valence electrons. The molecule has 0 saturated heterocycles. The van der Waals surface area contributed by atoms with Crippen LogP contribution in [0.2, 0.25) is 0 Å². The third-order valence-corrected chi connectivity index (χ3v) is 4.03. The minimum atomic E-state index is -0.292. The second-order valence-electron chi connectivity index (χ2n) is 6.04. The van der Waals surface area contributed by atoms with Crippen molar-refractivity contribution in [1.29, 1.82) is 0 Å². The molecule has 3 aromatic rings. The zero-order valence-electron chi connectivity index (χ0n) is 14.3. The molecule has 5 heteroatoms. The highest BCUT2D eigenvalue weighted by Gasteiger charge is 2.07. The fraction of sp³-hybridized carbons (Fsp3) is 0.200. The Morgan fingerprint density at radius 2 is 1.68 bits per heavy atom. The number of aromatic nitrogens is 2. The van der Waals surface area contributed by atoms with E-state index >= 15 is 0 Å². The van der Waals surface area contributed by atoms with Crippen LogP contribution in [0.25, 0.3) is 0 Å². The van der Waals surface area contributed by atoms with Gasteiger partial charge < -0.3 is 4.57 Å². The van der Waals surface area contributed by atoms with Gasteiger partial charge in [-0.05, 0) is 30.2 Å². The lowest BCUT2D eigenvalue weighted by molar-refractivity contribution is 0.597. The maximum Gasteiger partial charge on any atom is 0.258 e. The Labute approximate surface area is 145 Å². The van der Waals surface area contributed by atoms with Crippen LogP contribution in [0.3, 0.4) is 0 Å². The first kappa shape index (κ1) is 16.9. The molecule has 0 bridgehead atoms. The van der Waals surface area contributed by atoms with E-state index in [1.54, 1.807) is 29.8 Å². The molecule has 0 saturated carbocycles. The van der Waals surface area contributed by atoms with Gasteiger partial charge in [0.05, 0.1) is 13.1 Å². The van der Waals surface area contributed by atoms with Crippen molar-refractivity contribution in [3.05, 3.63) is 99.3 Å². The maximum absolute atomic E-state index is 13.1. The molecule has 0 N–H and O–H groups in total. The third-order valence-electron chi connectivity index (χ3n) is 4.03. The standard InChI is InChI=1S/C20H20FN3O/c1-15-13-23(2)20(22-12-16-6-4-3-5-7-16)24(19(15)25)14-17-8-10-18(21)11-9-17/h3-11,13H,12,14H2,1-2H3. The molecular weight excluding hydrogens is 317 g/mol. The summed E-state index contributed by atoms with van der Waals surface area (Å²) in [4.78, 5) is 17.3. The van der Waals surface area contributed by atoms with E-state index in [0.717, 1.165) is 11.1 Å². The van der Waals surface area contributed by atoms with Gasteiger partial charge in [-0.2, -0.15) is 0 Å². The molecule has 4 nitrogen and oxygen atoms in total. The van der Waals surface area contributed by atoms with E-state index in [2.05, 4.69) is 4.99 Å². The van der Waals surface area contributed by atoms with Gasteiger partial charge in [0.15, 0.2) is 0 Å². The summed E-state index contributed by atoms with van der Waals surface area (Å²) < 4.78 is 16.6. The molecule has 0 radical (unpaired) electrons. The molecule has 0 unspecified atom stereocenters. The van der Waals surface area contributed by atoms with Crippen LogP contribution in [0, 0.1) is 12.7 Å². The summed E-state index contributed by atoms with van der Waals surface area (Å²) in [5, 5.41) is 0. The molecule has 0 atom stereocenters. The molecule has 0 amide bonds. The molecule has 1 heterocycles. The van der Waals surface area contributed by atoms with Crippen LogP contribution in [0.5, 0.6) is 0 Å². The molecule has 0 aliphatic carbocycles. The van der Waals surface area contributed by atoms with Crippen molar-refractivity contribution in [2.75, 3.05) is 0 Å². The number of hydrogen-bond acceptors (Lipinski definition) is 2. The van der Waals surface area contributed by atoms with E-state index in [0.29, 0.717) is 24.3 Å². The fourth-order valence-corrected chi connectivity index (χ4v) is 2.75. The maximum atomic E-state index is 13.1. The Morgan fingerprint density at radius 1 is 1.00 bits per heavy atom. The van der Waals surface area contributed by atoms with E-state index < -0.39 is 0 Å². The Kier molecular flexibility index (Phi) is 4.93. The van der Waals surface area contributed by atoms with Gasteiger partial charge in [-0.1, -0.05) is 42.5 Å². The first-order valence-corrected chi connectivity index (χ1v) is 8.10. The number of hydrogen-bond donors (Lipinski definition) is 0. The highest BCUT2D eigenvalue weighted by atomic mass is 19.1. The highest BCUT2D eigenvalue weighted by molar-refractivity contribution is 5.17. The molecule has 0 spiro atoms. The van der Waals surface area contributed by atoms with Crippen molar-refractivity contribution in [2.45, 2.75) is 20.0 Å². The molecule has 0 fully saturated rings. The summed E-state index contributed by atoms with van der Waals surface area (Å²) in [6, 6.07) is 16.1. The summed E-state index contributed by atoms with van der Waals surface area (Å²) in [5.74, 6) is -0.292. The zero-order chi connectivity index (χ0) is 17.8. The molecule has 25 heavy (non-hydrogen) atoms. The normalized spacial score (nSPS) is 11.7. The van der Waals surface area contributed by atoms with Crippen molar-refractivity contribution >= 4 is 0 Å². The van der Waals surface area contributed by atoms with Gasteiger partial charge in [0.1, 0.15) is 5.82 Å². The molecule has 0 aliphatic rings. The van der Waals surface area contributed by atoms with Gasteiger partial charge >= 0.3 is 0 Å². The SMILES string of the molecule is Cc1cn(C)c(=NCc2ccccc2)n(Cc2ccc(F)cc2)c1=O. The Balaban J connectivity index is 2.06. The van der Waals surface area contributed by atoms with Crippen LogP contribution in [0.1, 0.15) is 16.7 Å². The number of nitrogens with zero attached hydrogens (tertiary/aromatic N) is 3. The number of benzene rings is 2. The Morgan fingerprint density at radius 3 is 2.36 bits per heavy atom. The van der Waals surface area contributed by atoms with E-state index in [1.807, 2.05) is 41.9 Å². The fourth-order valence-electron chi connectivity index (χ4n) is 2.75. The lowest BCUT2D eigenvalue weighted by atomic mass is 10.2. The number of halogens is 1. The quantitative estimate of drug-likeness (QED) is 0.721. The van der Waals surface area contributed by atoms with Gasteiger partial charge in [-0.3, -0.25) is 9.36 Å². The highest BCUT2D eigenvalue weighted by Crippen LogP contribution is 2.04. The van der Waals surface area contributed by atoms with Gasteiger partial charge in [-0.25, -0.2) is 9.38 Å². The minimum Gasteiger partial charge on any atom is -0.321 e. The molecular formula is C20H20FN3O. The van der Waals surface area contributed by atoms with E-state index in [-0.39, 0.29) is 11.4 Å². The predicted octanol–water partition coefficient (Wildman–Crippen LogP) is 2.78. The minimum absolute atomic E-state index is 0.0887. The van der Waals surface area contributed by atoms with Crippen molar-refractivity contribution in [3.8, 4) is 0 Å².